The van der Waals surface area contributed by atoms with Crippen LogP contribution >= 0.6 is 0 Å². The Hall–Kier alpha value is -2.57. The molecule has 7 heteroatoms. The van der Waals surface area contributed by atoms with Gasteiger partial charge in [0.15, 0.2) is 5.82 Å². The summed E-state index contributed by atoms with van der Waals surface area (Å²) in [6.07, 6.45) is 1.45. The highest BCUT2D eigenvalue weighted by Crippen LogP contribution is 2.35. The van der Waals surface area contributed by atoms with Crippen molar-refractivity contribution in [2.24, 2.45) is 0 Å². The Labute approximate surface area is 147 Å². The van der Waals surface area contributed by atoms with Crippen molar-refractivity contribution in [1.82, 2.24) is 10.1 Å². The number of hydrogen-bond acceptors (Lipinski definition) is 6. The molecule has 2 aromatic rings. The van der Waals surface area contributed by atoms with Crippen LogP contribution in [0.1, 0.15) is 57.3 Å². The molecule has 7 nitrogen and oxygen atoms in total. The highest BCUT2D eigenvalue weighted by Gasteiger charge is 2.25. The van der Waals surface area contributed by atoms with Gasteiger partial charge in [-0.1, -0.05) is 19.0 Å². The molecule has 1 N–H and O–H groups in total. The number of benzene rings is 1. The molecule has 1 amide bonds. The summed E-state index contributed by atoms with van der Waals surface area (Å²) < 4.78 is 10.8. The van der Waals surface area contributed by atoms with Crippen LogP contribution in [-0.4, -0.2) is 29.7 Å². The van der Waals surface area contributed by atoms with Crippen LogP contribution < -0.4 is 15.0 Å². The molecule has 2 heterocycles. The average Bonchev–Trinajstić information content (AvgIpc) is 3.24. The average molecular weight is 344 g/mol. The van der Waals surface area contributed by atoms with Crippen LogP contribution in [-0.2, 0) is 4.79 Å². The van der Waals surface area contributed by atoms with Crippen molar-refractivity contribution in [2.45, 2.75) is 45.6 Å². The first-order valence-corrected chi connectivity index (χ1v) is 8.58. The van der Waals surface area contributed by atoms with Crippen molar-refractivity contribution in [3.05, 3.63) is 29.9 Å². The molecular formula is C18H24N4O3. The van der Waals surface area contributed by atoms with Gasteiger partial charge in [-0.25, -0.2) is 0 Å². The topological polar surface area (TPSA) is 80.5 Å². The van der Waals surface area contributed by atoms with E-state index < -0.39 is 0 Å². The van der Waals surface area contributed by atoms with Gasteiger partial charge >= 0.3 is 0 Å². The Balaban J connectivity index is 1.81. The number of aromatic nitrogens is 2. The molecule has 1 aromatic carbocycles. The second-order valence-corrected chi connectivity index (χ2v) is 6.55. The van der Waals surface area contributed by atoms with Gasteiger partial charge in [-0.3, -0.25) is 4.79 Å². The number of rotatable bonds is 6. The minimum atomic E-state index is -0.143. The van der Waals surface area contributed by atoms with Crippen LogP contribution in [0.3, 0.4) is 0 Å². The highest BCUT2D eigenvalue weighted by atomic mass is 16.5. The van der Waals surface area contributed by atoms with Crippen molar-refractivity contribution < 1.29 is 14.1 Å². The van der Waals surface area contributed by atoms with E-state index in [1.165, 1.54) is 0 Å². The Morgan fingerprint density at radius 3 is 2.72 bits per heavy atom. The summed E-state index contributed by atoms with van der Waals surface area (Å²) in [6.45, 7) is 6.73. The molecule has 1 atom stereocenters. The normalized spacial score (nSPS) is 15.7. The van der Waals surface area contributed by atoms with Gasteiger partial charge in [-0.05, 0) is 31.5 Å². The number of carbonyl (C=O) groups excluding carboxylic acids is 1. The molecule has 0 aliphatic carbocycles. The van der Waals surface area contributed by atoms with E-state index in [0.717, 1.165) is 24.3 Å². The lowest BCUT2D eigenvalue weighted by atomic mass is 10.2. The van der Waals surface area contributed by atoms with Crippen LogP contribution in [0.4, 0.5) is 11.4 Å². The first-order chi connectivity index (χ1) is 12.0. The number of amides is 1. The summed E-state index contributed by atoms with van der Waals surface area (Å²) in [6, 6.07) is 5.57. The molecule has 0 saturated carbocycles. The van der Waals surface area contributed by atoms with Gasteiger partial charge in [0.05, 0.1) is 12.8 Å². The minimum Gasteiger partial charge on any atom is -0.495 e. The number of hydrogen-bond donors (Lipinski definition) is 1. The molecule has 25 heavy (non-hydrogen) atoms. The lowest BCUT2D eigenvalue weighted by Crippen LogP contribution is -2.24. The quantitative estimate of drug-likeness (QED) is 0.864. The van der Waals surface area contributed by atoms with E-state index >= 15 is 0 Å². The molecule has 1 aliphatic rings. The van der Waals surface area contributed by atoms with Gasteiger partial charge in [0.1, 0.15) is 11.8 Å². The zero-order valence-corrected chi connectivity index (χ0v) is 15.1. The van der Waals surface area contributed by atoms with Gasteiger partial charge in [0.2, 0.25) is 11.8 Å². The molecule has 3 rings (SSSR count). The Morgan fingerprint density at radius 1 is 1.32 bits per heavy atom. The van der Waals surface area contributed by atoms with Gasteiger partial charge in [0, 0.05) is 24.6 Å². The van der Waals surface area contributed by atoms with Gasteiger partial charge in [-0.2, -0.15) is 4.98 Å². The number of ether oxygens (including phenoxy) is 1. The predicted octanol–water partition coefficient (Wildman–Crippen LogP) is 3.50. The molecule has 1 aliphatic heterocycles. The van der Waals surface area contributed by atoms with Crippen molar-refractivity contribution in [3.63, 3.8) is 0 Å². The number of nitrogens with one attached hydrogen (secondary N) is 1. The number of methoxy groups -OCH3 is 1. The summed E-state index contributed by atoms with van der Waals surface area (Å²) in [5.41, 5.74) is 1.66. The SMILES string of the molecule is COc1ccc(N[C@H](C)c2nc(C(C)C)no2)cc1N1CCCC1=O. The Kier molecular flexibility index (Phi) is 4.92. The first-order valence-electron chi connectivity index (χ1n) is 8.58. The summed E-state index contributed by atoms with van der Waals surface area (Å²) in [5, 5.41) is 7.35. The van der Waals surface area contributed by atoms with Crippen LogP contribution in [0.25, 0.3) is 0 Å². The molecule has 1 saturated heterocycles. The van der Waals surface area contributed by atoms with Crippen LogP contribution in [0, 0.1) is 0 Å². The lowest BCUT2D eigenvalue weighted by molar-refractivity contribution is -0.117. The summed E-state index contributed by atoms with van der Waals surface area (Å²) in [5.74, 6) is 2.27. The fourth-order valence-electron chi connectivity index (χ4n) is 2.86. The van der Waals surface area contributed by atoms with E-state index in [1.807, 2.05) is 39.0 Å². The molecule has 134 valence electrons. The van der Waals surface area contributed by atoms with E-state index in [1.54, 1.807) is 12.0 Å². The standard InChI is InChI=1S/C18H24N4O3/c1-11(2)17-20-18(25-21-17)12(3)19-13-7-8-15(24-4)14(10-13)22-9-5-6-16(22)23/h7-8,10-12,19H,5-6,9H2,1-4H3/t12-/m1/s1. The predicted molar refractivity (Wildman–Crippen MR) is 95.0 cm³/mol. The monoisotopic (exact) mass is 344 g/mol. The minimum absolute atomic E-state index is 0.127. The number of anilines is 2. The van der Waals surface area contributed by atoms with Gasteiger partial charge in [0.25, 0.3) is 0 Å². The zero-order valence-electron chi connectivity index (χ0n) is 15.1. The molecule has 0 radical (unpaired) electrons. The largest absolute Gasteiger partial charge is 0.495 e. The first kappa shape index (κ1) is 17.3. The smallest absolute Gasteiger partial charge is 0.248 e. The number of carbonyl (C=O) groups is 1. The van der Waals surface area contributed by atoms with Crippen molar-refractivity contribution >= 4 is 17.3 Å². The van der Waals surface area contributed by atoms with E-state index in [0.29, 0.717) is 23.9 Å². The third-order valence-corrected chi connectivity index (χ3v) is 4.27. The fourth-order valence-corrected chi connectivity index (χ4v) is 2.86. The second-order valence-electron chi connectivity index (χ2n) is 6.55. The van der Waals surface area contributed by atoms with Crippen LogP contribution in [0.5, 0.6) is 5.75 Å². The van der Waals surface area contributed by atoms with Crippen molar-refractivity contribution in [1.29, 1.82) is 0 Å². The fraction of sp³-hybridized carbons (Fsp3) is 0.500. The summed E-state index contributed by atoms with van der Waals surface area (Å²) in [4.78, 5) is 18.3. The van der Waals surface area contributed by atoms with Crippen LogP contribution in [0.15, 0.2) is 22.7 Å². The molecule has 1 aromatic heterocycles. The van der Waals surface area contributed by atoms with Gasteiger partial charge < -0.3 is 19.5 Å². The molecule has 1 fully saturated rings. The Bertz CT molecular complexity index is 757. The molecule has 0 bridgehead atoms. The second kappa shape index (κ2) is 7.13. The summed E-state index contributed by atoms with van der Waals surface area (Å²) >= 11 is 0. The van der Waals surface area contributed by atoms with Crippen LogP contribution in [0.2, 0.25) is 0 Å². The maximum absolute atomic E-state index is 12.1. The molecule has 0 unspecified atom stereocenters. The van der Waals surface area contributed by atoms with Gasteiger partial charge in [-0.15, -0.1) is 0 Å². The zero-order chi connectivity index (χ0) is 18.0. The maximum Gasteiger partial charge on any atom is 0.248 e. The van der Waals surface area contributed by atoms with E-state index in [-0.39, 0.29) is 17.9 Å². The molecular weight excluding hydrogens is 320 g/mol. The highest BCUT2D eigenvalue weighted by molar-refractivity contribution is 5.97. The number of nitrogens with zero attached hydrogens (tertiary/aromatic N) is 3. The van der Waals surface area contributed by atoms with E-state index in [9.17, 15) is 4.79 Å². The lowest BCUT2D eigenvalue weighted by Gasteiger charge is -2.21. The third-order valence-electron chi connectivity index (χ3n) is 4.27. The van der Waals surface area contributed by atoms with E-state index in [4.69, 9.17) is 9.26 Å². The molecule has 0 spiro atoms. The third kappa shape index (κ3) is 3.60. The van der Waals surface area contributed by atoms with E-state index in [2.05, 4.69) is 15.5 Å². The van der Waals surface area contributed by atoms with Crippen molar-refractivity contribution in [3.8, 4) is 5.75 Å². The maximum atomic E-state index is 12.1. The summed E-state index contributed by atoms with van der Waals surface area (Å²) in [7, 11) is 1.61. The van der Waals surface area contributed by atoms with Crippen molar-refractivity contribution in [2.75, 3.05) is 23.9 Å². The Morgan fingerprint density at radius 2 is 2.12 bits per heavy atom.